The lowest BCUT2D eigenvalue weighted by atomic mass is 9.84. The molecular formula is C76H42O4. The van der Waals surface area contributed by atoms with E-state index in [0.29, 0.717) is 0 Å². The molecule has 4 heteroatoms. The van der Waals surface area contributed by atoms with E-state index in [1.54, 1.807) is 0 Å². The number of rotatable bonds is 5. The van der Waals surface area contributed by atoms with Gasteiger partial charge in [-0.2, -0.15) is 0 Å². The van der Waals surface area contributed by atoms with Crippen LogP contribution >= 0.6 is 0 Å². The summed E-state index contributed by atoms with van der Waals surface area (Å²) in [5.74, 6) is 0. The van der Waals surface area contributed by atoms with Crippen LogP contribution in [0.2, 0.25) is 0 Å². The first-order chi connectivity index (χ1) is 39.7. The minimum atomic E-state index is 0.839. The highest BCUT2D eigenvalue weighted by atomic mass is 16.3. The fourth-order valence-corrected chi connectivity index (χ4v) is 13.7. The first kappa shape index (κ1) is 43.4. The molecule has 0 unspecified atom stereocenters. The highest BCUT2D eigenvalue weighted by molar-refractivity contribution is 6.29. The molecule has 0 radical (unpaired) electrons. The molecule has 0 amide bonds. The molecule has 4 aromatic heterocycles. The molecule has 0 saturated carbocycles. The van der Waals surface area contributed by atoms with Crippen LogP contribution in [0, 0.1) is 0 Å². The van der Waals surface area contributed by atoms with Crippen molar-refractivity contribution in [1.29, 1.82) is 0 Å². The Kier molecular flexibility index (Phi) is 8.91. The second kappa shape index (κ2) is 16.4. The van der Waals surface area contributed by atoms with E-state index < -0.39 is 0 Å². The zero-order valence-electron chi connectivity index (χ0n) is 42.9. The van der Waals surface area contributed by atoms with E-state index in [0.717, 1.165) is 121 Å². The Morgan fingerprint density at radius 3 is 1.00 bits per heavy atom. The van der Waals surface area contributed by atoms with Gasteiger partial charge in [-0.1, -0.05) is 194 Å². The van der Waals surface area contributed by atoms with E-state index in [-0.39, 0.29) is 0 Å². The van der Waals surface area contributed by atoms with Crippen molar-refractivity contribution in [3.8, 4) is 55.6 Å². The van der Waals surface area contributed by atoms with Crippen molar-refractivity contribution >= 4 is 131 Å². The summed E-state index contributed by atoms with van der Waals surface area (Å²) in [6, 6.07) is 91.5. The summed E-state index contributed by atoms with van der Waals surface area (Å²) in [5, 5.41) is 18.3. The van der Waals surface area contributed by atoms with Gasteiger partial charge in [0.15, 0.2) is 0 Å². The first-order valence-corrected chi connectivity index (χ1v) is 27.3. The highest BCUT2D eigenvalue weighted by Gasteiger charge is 2.25. The van der Waals surface area contributed by atoms with Crippen molar-refractivity contribution in [2.24, 2.45) is 0 Å². The van der Waals surface area contributed by atoms with Gasteiger partial charge >= 0.3 is 0 Å². The monoisotopic (exact) mass is 1020 g/mol. The van der Waals surface area contributed by atoms with Gasteiger partial charge in [0.1, 0.15) is 44.7 Å². The Morgan fingerprint density at radius 2 is 0.487 bits per heavy atom. The molecule has 0 N–H and O–H groups in total. The largest absolute Gasteiger partial charge is 0.456 e. The van der Waals surface area contributed by atoms with Crippen LogP contribution in [0.1, 0.15) is 0 Å². The van der Waals surface area contributed by atoms with Crippen molar-refractivity contribution in [3.63, 3.8) is 0 Å². The number of hydrogen-bond donors (Lipinski definition) is 0. The summed E-state index contributed by atoms with van der Waals surface area (Å²) in [6.45, 7) is 0. The van der Waals surface area contributed by atoms with E-state index >= 15 is 0 Å². The Morgan fingerprint density at radius 1 is 0.175 bits per heavy atom. The van der Waals surface area contributed by atoms with E-state index in [2.05, 4.69) is 237 Å². The van der Waals surface area contributed by atoms with Crippen molar-refractivity contribution in [2.45, 2.75) is 0 Å². The van der Waals surface area contributed by atoms with Crippen LogP contribution in [-0.4, -0.2) is 0 Å². The van der Waals surface area contributed by atoms with E-state index in [1.165, 1.54) is 65.3 Å². The molecule has 0 aliphatic carbocycles. The lowest BCUT2D eigenvalue weighted by Crippen LogP contribution is -1.91. The topological polar surface area (TPSA) is 52.6 Å². The maximum Gasteiger partial charge on any atom is 0.143 e. The normalized spacial score (nSPS) is 12.2. The average Bonchev–Trinajstić information content (AvgIpc) is 4.44. The van der Waals surface area contributed by atoms with Crippen LogP contribution in [-0.2, 0) is 0 Å². The molecule has 14 aromatic carbocycles. The molecule has 0 aliphatic heterocycles. The third kappa shape index (κ3) is 6.10. The maximum atomic E-state index is 7.08. The Labute approximate surface area is 456 Å². The Balaban J connectivity index is 0.802. The summed E-state index contributed by atoms with van der Waals surface area (Å²) in [6.07, 6.45) is 0. The molecule has 0 spiro atoms. The van der Waals surface area contributed by atoms with Gasteiger partial charge in [0.2, 0.25) is 0 Å². The molecule has 4 nitrogen and oxygen atoms in total. The van der Waals surface area contributed by atoms with Crippen molar-refractivity contribution in [3.05, 3.63) is 255 Å². The summed E-state index contributed by atoms with van der Waals surface area (Å²) < 4.78 is 26.5. The third-order valence-corrected chi connectivity index (χ3v) is 17.1. The summed E-state index contributed by atoms with van der Waals surface area (Å²) in [4.78, 5) is 0. The first-order valence-electron chi connectivity index (χ1n) is 27.3. The number of benzene rings is 14. The SMILES string of the molecule is c1ccc2c(c1)oc1ccc(-c3c4ccccc4c(-c4ccc5oc6ccc(-c7cccc8c7oc7cccc(-c9c%10ccccc%10c(-c%10cccc%11oc%12ccccc%12c%10%11)c%10ccccc9%10)c78)cc6c5c4)c4ccccc34)cc12. The van der Waals surface area contributed by atoms with Gasteiger partial charge in [0, 0.05) is 48.7 Å². The van der Waals surface area contributed by atoms with Gasteiger partial charge in [0.25, 0.3) is 0 Å². The fourth-order valence-electron chi connectivity index (χ4n) is 13.7. The number of fused-ring (bicyclic) bond motifs is 16. The van der Waals surface area contributed by atoms with E-state index in [4.69, 9.17) is 17.7 Å². The molecule has 0 fully saturated rings. The van der Waals surface area contributed by atoms with Gasteiger partial charge in [-0.3, -0.25) is 0 Å². The predicted octanol–water partition coefficient (Wildman–Crippen LogP) is 22.2. The fraction of sp³-hybridized carbons (Fsp3) is 0. The molecule has 18 rings (SSSR count). The second-order valence-corrected chi connectivity index (χ2v) is 21.3. The van der Waals surface area contributed by atoms with Crippen molar-refractivity contribution in [1.82, 2.24) is 0 Å². The van der Waals surface area contributed by atoms with Gasteiger partial charge in [0.05, 0.1) is 0 Å². The third-order valence-electron chi connectivity index (χ3n) is 17.1. The molecular weight excluding hydrogens is 977 g/mol. The number of hydrogen-bond acceptors (Lipinski definition) is 4. The van der Waals surface area contributed by atoms with E-state index in [9.17, 15) is 0 Å². The van der Waals surface area contributed by atoms with Crippen LogP contribution in [0.15, 0.2) is 272 Å². The summed E-state index contributed by atoms with van der Waals surface area (Å²) >= 11 is 0. The smallest absolute Gasteiger partial charge is 0.143 e. The minimum absolute atomic E-state index is 0.839. The van der Waals surface area contributed by atoms with Gasteiger partial charge in [-0.15, -0.1) is 0 Å². The number of para-hydroxylation sites is 3. The molecule has 0 bridgehead atoms. The number of furan rings is 4. The van der Waals surface area contributed by atoms with Crippen LogP contribution in [0.3, 0.4) is 0 Å². The highest BCUT2D eigenvalue weighted by Crippen LogP contribution is 2.51. The van der Waals surface area contributed by atoms with Crippen molar-refractivity contribution < 1.29 is 17.7 Å². The zero-order chi connectivity index (χ0) is 52.2. The van der Waals surface area contributed by atoms with Crippen LogP contribution in [0.25, 0.3) is 186 Å². The molecule has 0 aliphatic rings. The lowest BCUT2D eigenvalue weighted by Gasteiger charge is -2.18. The molecule has 18 aromatic rings. The average molecular weight is 1020 g/mol. The second-order valence-electron chi connectivity index (χ2n) is 21.3. The maximum absolute atomic E-state index is 7.08. The summed E-state index contributed by atoms with van der Waals surface area (Å²) in [5.41, 5.74) is 18.4. The van der Waals surface area contributed by atoms with Crippen LogP contribution in [0.4, 0.5) is 0 Å². The van der Waals surface area contributed by atoms with Crippen LogP contribution in [0.5, 0.6) is 0 Å². The zero-order valence-corrected chi connectivity index (χ0v) is 42.9. The molecule has 4 heterocycles. The molecule has 0 saturated heterocycles. The molecule has 80 heavy (non-hydrogen) atoms. The molecule has 370 valence electrons. The Bertz CT molecular complexity index is 5570. The lowest BCUT2D eigenvalue weighted by molar-refractivity contribution is 0.668. The minimum Gasteiger partial charge on any atom is -0.456 e. The standard InChI is InChI=1S/C76H42O4/c1-3-19-50-48(17-1)70(44-35-38-65-60(41-44)47-16-9-11-30-63(47)77-65)49-18-2-4-20-51(49)71(50)45-36-39-67-62(42-45)61-40-43(34-37-66(61)78-67)46-26-13-29-59-75-58(28-15-33-69(75)80-76(46)59)73-54-23-7-5-21-52(54)72(53-22-6-8-24-55(53)73)57-27-14-32-68-74(57)56-25-10-12-31-64(56)79-68/h1-42H. The predicted molar refractivity (Wildman–Crippen MR) is 333 cm³/mol. The van der Waals surface area contributed by atoms with Crippen molar-refractivity contribution in [2.75, 3.05) is 0 Å². The van der Waals surface area contributed by atoms with Crippen LogP contribution < -0.4 is 0 Å². The summed E-state index contributed by atoms with van der Waals surface area (Å²) in [7, 11) is 0. The van der Waals surface area contributed by atoms with E-state index in [1.807, 2.05) is 18.2 Å². The van der Waals surface area contributed by atoms with Gasteiger partial charge in [-0.25, -0.2) is 0 Å². The Hall–Kier alpha value is -10.7. The quantitative estimate of drug-likeness (QED) is 0.161. The van der Waals surface area contributed by atoms with Gasteiger partial charge < -0.3 is 17.7 Å². The molecule has 0 atom stereocenters. The van der Waals surface area contributed by atoms with Gasteiger partial charge in [-0.05, 0) is 154 Å².